The Labute approximate surface area is 107 Å². The second-order valence-corrected chi connectivity index (χ2v) is 4.89. The molecule has 1 aliphatic rings. The van der Waals surface area contributed by atoms with Gasteiger partial charge in [0.25, 0.3) is 0 Å². The number of rotatable bonds is 2. The third kappa shape index (κ3) is 2.00. The summed E-state index contributed by atoms with van der Waals surface area (Å²) in [6.45, 7) is 2.11. The number of nitriles is 1. The van der Waals surface area contributed by atoms with Gasteiger partial charge < -0.3 is 0 Å². The lowest BCUT2D eigenvalue weighted by molar-refractivity contribution is 1.02. The maximum Gasteiger partial charge on any atom is 0.0991 e. The number of aromatic nitrogens is 1. The van der Waals surface area contributed by atoms with Crippen LogP contribution in [0.2, 0.25) is 0 Å². The fourth-order valence-electron chi connectivity index (χ4n) is 2.24. The molecule has 1 saturated carbocycles. The second kappa shape index (κ2) is 4.27. The van der Waals surface area contributed by atoms with E-state index in [2.05, 4.69) is 24.0 Å². The fourth-order valence-corrected chi connectivity index (χ4v) is 2.24. The van der Waals surface area contributed by atoms with Gasteiger partial charge >= 0.3 is 0 Å². The highest BCUT2D eigenvalue weighted by Crippen LogP contribution is 2.40. The van der Waals surface area contributed by atoms with E-state index >= 15 is 0 Å². The Morgan fingerprint density at radius 1 is 1.28 bits per heavy atom. The molecule has 1 heterocycles. The van der Waals surface area contributed by atoms with E-state index in [1.165, 1.54) is 24.1 Å². The topological polar surface area (TPSA) is 36.7 Å². The normalized spacial score (nSPS) is 14.2. The van der Waals surface area contributed by atoms with Crippen molar-refractivity contribution in [2.45, 2.75) is 25.7 Å². The fraction of sp³-hybridized carbons (Fsp3) is 0.250. The van der Waals surface area contributed by atoms with Crippen LogP contribution in [0.4, 0.5) is 0 Å². The van der Waals surface area contributed by atoms with Crippen molar-refractivity contribution in [1.29, 1.82) is 5.26 Å². The minimum atomic E-state index is 0.684. The van der Waals surface area contributed by atoms with E-state index in [9.17, 15) is 0 Å². The quantitative estimate of drug-likeness (QED) is 0.792. The smallest absolute Gasteiger partial charge is 0.0991 e. The molecule has 1 aromatic carbocycles. The van der Waals surface area contributed by atoms with E-state index in [1.54, 1.807) is 0 Å². The van der Waals surface area contributed by atoms with E-state index < -0.39 is 0 Å². The third-order valence-corrected chi connectivity index (χ3v) is 3.43. The Hall–Kier alpha value is -2.14. The molecule has 0 saturated heterocycles. The molecule has 18 heavy (non-hydrogen) atoms. The zero-order chi connectivity index (χ0) is 12.5. The van der Waals surface area contributed by atoms with E-state index in [0.717, 1.165) is 11.1 Å². The molecule has 3 rings (SSSR count). The molecule has 2 aromatic rings. The van der Waals surface area contributed by atoms with Crippen LogP contribution in [0.25, 0.3) is 11.1 Å². The van der Waals surface area contributed by atoms with Gasteiger partial charge in [-0.15, -0.1) is 0 Å². The molecule has 0 amide bonds. The molecule has 2 heteroatoms. The summed E-state index contributed by atoms with van der Waals surface area (Å²) in [7, 11) is 0. The zero-order valence-electron chi connectivity index (χ0n) is 10.4. The molecule has 1 aliphatic carbocycles. The first kappa shape index (κ1) is 11.0. The highest BCUT2D eigenvalue weighted by Gasteiger charge is 2.25. The van der Waals surface area contributed by atoms with Gasteiger partial charge in [0, 0.05) is 23.4 Å². The van der Waals surface area contributed by atoms with E-state index in [1.807, 2.05) is 30.5 Å². The molecule has 0 bridgehead atoms. The Balaban J connectivity index is 2.03. The highest BCUT2D eigenvalue weighted by atomic mass is 14.7. The van der Waals surface area contributed by atoms with E-state index in [-0.39, 0.29) is 0 Å². The van der Waals surface area contributed by atoms with Crippen molar-refractivity contribution in [3.05, 3.63) is 53.3 Å². The average molecular weight is 234 g/mol. The van der Waals surface area contributed by atoms with Crippen molar-refractivity contribution in [2.24, 2.45) is 0 Å². The molecular weight excluding hydrogens is 220 g/mol. The van der Waals surface area contributed by atoms with Gasteiger partial charge in [-0.3, -0.25) is 4.98 Å². The van der Waals surface area contributed by atoms with Gasteiger partial charge in [0.2, 0.25) is 0 Å². The van der Waals surface area contributed by atoms with Crippen molar-refractivity contribution in [3.8, 4) is 17.2 Å². The third-order valence-electron chi connectivity index (χ3n) is 3.43. The molecule has 0 spiro atoms. The minimum absolute atomic E-state index is 0.684. The first-order valence-electron chi connectivity index (χ1n) is 6.25. The number of hydrogen-bond donors (Lipinski definition) is 0. The first-order chi connectivity index (χ1) is 8.78. The summed E-state index contributed by atoms with van der Waals surface area (Å²) in [5.41, 5.74) is 5.34. The number of pyridine rings is 1. The molecule has 88 valence electrons. The van der Waals surface area contributed by atoms with Gasteiger partial charge in [-0.2, -0.15) is 5.26 Å². The standard InChI is InChI=1S/C16H14N2/c1-11-7-16(13-5-6-13)18-10-15(11)14-4-2-3-12(8-14)9-17/h2-4,7-8,10,13H,5-6H2,1H3. The van der Waals surface area contributed by atoms with Crippen LogP contribution in [0, 0.1) is 18.3 Å². The van der Waals surface area contributed by atoms with Crippen molar-refractivity contribution in [3.63, 3.8) is 0 Å². The number of hydrogen-bond acceptors (Lipinski definition) is 2. The van der Waals surface area contributed by atoms with E-state index in [4.69, 9.17) is 5.26 Å². The molecule has 0 radical (unpaired) electrons. The Bertz CT molecular complexity index is 634. The zero-order valence-corrected chi connectivity index (χ0v) is 10.4. The lowest BCUT2D eigenvalue weighted by Crippen LogP contribution is -1.91. The Morgan fingerprint density at radius 2 is 2.11 bits per heavy atom. The lowest BCUT2D eigenvalue weighted by atomic mass is 10.00. The molecule has 1 fully saturated rings. The summed E-state index contributed by atoms with van der Waals surface area (Å²) in [5.74, 6) is 0.684. The summed E-state index contributed by atoms with van der Waals surface area (Å²) >= 11 is 0. The molecule has 0 atom stereocenters. The van der Waals surface area contributed by atoms with Gasteiger partial charge in [0.05, 0.1) is 11.6 Å². The largest absolute Gasteiger partial charge is 0.260 e. The molecule has 0 unspecified atom stereocenters. The van der Waals surface area contributed by atoms with Gasteiger partial charge in [-0.1, -0.05) is 12.1 Å². The Morgan fingerprint density at radius 3 is 2.78 bits per heavy atom. The highest BCUT2D eigenvalue weighted by molar-refractivity contribution is 5.67. The summed E-state index contributed by atoms with van der Waals surface area (Å²) in [4.78, 5) is 4.55. The number of nitrogens with zero attached hydrogens (tertiary/aromatic N) is 2. The van der Waals surface area contributed by atoms with E-state index in [0.29, 0.717) is 11.5 Å². The van der Waals surface area contributed by atoms with Gasteiger partial charge in [0.1, 0.15) is 0 Å². The Kier molecular flexibility index (Phi) is 2.60. The van der Waals surface area contributed by atoms with Gasteiger partial charge in [0.15, 0.2) is 0 Å². The summed E-state index contributed by atoms with van der Waals surface area (Å²) < 4.78 is 0. The maximum atomic E-state index is 8.94. The van der Waals surface area contributed by atoms with Crippen LogP contribution in [-0.2, 0) is 0 Å². The molecule has 0 N–H and O–H groups in total. The van der Waals surface area contributed by atoms with Crippen LogP contribution < -0.4 is 0 Å². The molecule has 1 aromatic heterocycles. The van der Waals surface area contributed by atoms with Crippen molar-refractivity contribution in [2.75, 3.05) is 0 Å². The SMILES string of the molecule is Cc1cc(C2CC2)ncc1-c1cccc(C#N)c1. The number of aryl methyl sites for hydroxylation is 1. The monoisotopic (exact) mass is 234 g/mol. The second-order valence-electron chi connectivity index (χ2n) is 4.89. The summed E-state index contributed by atoms with van der Waals surface area (Å²) in [6, 6.07) is 12.1. The summed E-state index contributed by atoms with van der Waals surface area (Å²) in [6.07, 6.45) is 4.49. The first-order valence-corrected chi connectivity index (χ1v) is 6.25. The average Bonchev–Trinajstić information content (AvgIpc) is 3.23. The molecular formula is C16H14N2. The van der Waals surface area contributed by atoms with Crippen molar-refractivity contribution < 1.29 is 0 Å². The van der Waals surface area contributed by atoms with Crippen LogP contribution >= 0.6 is 0 Å². The van der Waals surface area contributed by atoms with Crippen LogP contribution in [0.5, 0.6) is 0 Å². The van der Waals surface area contributed by atoms with Crippen LogP contribution in [-0.4, -0.2) is 4.98 Å². The van der Waals surface area contributed by atoms with Crippen molar-refractivity contribution in [1.82, 2.24) is 4.98 Å². The van der Waals surface area contributed by atoms with Gasteiger partial charge in [-0.05, 0) is 49.1 Å². The number of benzene rings is 1. The minimum Gasteiger partial charge on any atom is -0.260 e. The lowest BCUT2D eigenvalue weighted by Gasteiger charge is -2.08. The van der Waals surface area contributed by atoms with Crippen LogP contribution in [0.1, 0.15) is 35.6 Å². The maximum absolute atomic E-state index is 8.94. The molecule has 2 nitrogen and oxygen atoms in total. The van der Waals surface area contributed by atoms with Crippen LogP contribution in [0.3, 0.4) is 0 Å². The predicted molar refractivity (Wildman–Crippen MR) is 71.1 cm³/mol. The van der Waals surface area contributed by atoms with Crippen molar-refractivity contribution >= 4 is 0 Å². The predicted octanol–water partition coefficient (Wildman–Crippen LogP) is 3.81. The molecule has 0 aliphatic heterocycles. The van der Waals surface area contributed by atoms with Crippen LogP contribution in [0.15, 0.2) is 36.5 Å². The van der Waals surface area contributed by atoms with Gasteiger partial charge in [-0.25, -0.2) is 0 Å². The summed E-state index contributed by atoms with van der Waals surface area (Å²) in [5, 5.41) is 8.94.